The Morgan fingerprint density at radius 1 is 1.08 bits per heavy atom. The topological polar surface area (TPSA) is 69.0 Å². The van der Waals surface area contributed by atoms with E-state index in [1.165, 1.54) is 0 Å². The van der Waals surface area contributed by atoms with E-state index in [-0.39, 0.29) is 12.0 Å². The summed E-state index contributed by atoms with van der Waals surface area (Å²) < 4.78 is 15.0. The maximum atomic E-state index is 12.4. The van der Waals surface area contributed by atoms with Crippen LogP contribution < -0.4 is 4.74 Å². The second-order valence-electron chi connectivity index (χ2n) is 10.3. The van der Waals surface area contributed by atoms with Crippen molar-refractivity contribution in [1.82, 2.24) is 19.3 Å². The van der Waals surface area contributed by atoms with E-state index in [4.69, 9.17) is 19.4 Å². The van der Waals surface area contributed by atoms with Crippen LogP contribution in [0.3, 0.4) is 0 Å². The number of ether oxygens (including phenoxy) is 2. The van der Waals surface area contributed by atoms with E-state index in [0.29, 0.717) is 19.7 Å². The third kappa shape index (κ3) is 4.15. The number of para-hydroxylation sites is 1. The van der Waals surface area contributed by atoms with Crippen LogP contribution in [0.25, 0.3) is 25.9 Å². The maximum Gasteiger partial charge on any atom is 0.410 e. The van der Waals surface area contributed by atoms with E-state index in [2.05, 4.69) is 28.7 Å². The van der Waals surface area contributed by atoms with Crippen molar-refractivity contribution in [3.05, 3.63) is 71.8 Å². The second-order valence-corrected chi connectivity index (χ2v) is 11.3. The Hall–Kier alpha value is -3.65. The molecule has 0 unspecified atom stereocenters. The fourth-order valence-electron chi connectivity index (χ4n) is 4.58. The molecule has 1 aliphatic rings. The maximum absolute atomic E-state index is 12.4. The second kappa shape index (κ2) is 8.48. The molecular formula is C28H28N4O3S. The normalized spacial score (nSPS) is 14.5. The van der Waals surface area contributed by atoms with Crippen LogP contribution in [0, 0.1) is 6.92 Å². The number of fused-ring (bicyclic) bond motifs is 4. The lowest BCUT2D eigenvalue weighted by molar-refractivity contribution is 0.00750. The Bertz CT molecular complexity index is 1610. The van der Waals surface area contributed by atoms with Gasteiger partial charge in [-0.3, -0.25) is 4.40 Å². The number of carbonyl (C=O) groups excluding carboxylic acids is 1. The van der Waals surface area contributed by atoms with Crippen molar-refractivity contribution in [3.63, 3.8) is 0 Å². The standard InChI is InChI=1S/C28H28N4O3S/c1-17-26-32(25(29-17)19-14-31(15-19)27(33)35-28(2,3)4)23-12-11-21(13-24(23)36-26)34-16-20-10-9-18-7-5-6-8-22(18)30-20/h5-13,19H,14-16H2,1-4H3. The predicted molar refractivity (Wildman–Crippen MR) is 142 cm³/mol. The van der Waals surface area contributed by atoms with Crippen LogP contribution in [0.5, 0.6) is 5.75 Å². The Labute approximate surface area is 213 Å². The van der Waals surface area contributed by atoms with Crippen molar-refractivity contribution < 1.29 is 14.3 Å². The number of thiazole rings is 1. The highest BCUT2D eigenvalue weighted by atomic mass is 32.1. The van der Waals surface area contributed by atoms with Gasteiger partial charge < -0.3 is 14.4 Å². The van der Waals surface area contributed by atoms with Gasteiger partial charge in [0.25, 0.3) is 0 Å². The van der Waals surface area contributed by atoms with Gasteiger partial charge in [-0.05, 0) is 58.0 Å². The highest BCUT2D eigenvalue weighted by Crippen LogP contribution is 2.37. The highest BCUT2D eigenvalue weighted by Gasteiger charge is 2.37. The van der Waals surface area contributed by atoms with Gasteiger partial charge in [-0.1, -0.05) is 24.3 Å². The molecule has 6 rings (SSSR count). The Balaban J connectivity index is 1.21. The van der Waals surface area contributed by atoms with Crippen LogP contribution >= 0.6 is 11.3 Å². The number of rotatable bonds is 4. The molecule has 8 heteroatoms. The molecule has 0 atom stereocenters. The number of hydrogen-bond donors (Lipinski definition) is 0. The van der Waals surface area contributed by atoms with Crippen LogP contribution in [0.15, 0.2) is 54.6 Å². The molecule has 7 nitrogen and oxygen atoms in total. The zero-order valence-corrected chi connectivity index (χ0v) is 21.6. The van der Waals surface area contributed by atoms with Gasteiger partial charge in [0.15, 0.2) is 0 Å². The summed E-state index contributed by atoms with van der Waals surface area (Å²) in [6.07, 6.45) is -0.263. The lowest BCUT2D eigenvalue weighted by atomic mass is 10.00. The SMILES string of the molecule is Cc1nc(C2CN(C(=O)OC(C)(C)C)C2)n2c1sc1cc(OCc3ccc4ccccc4n3)ccc12. The van der Waals surface area contributed by atoms with Crippen LogP contribution in [0.1, 0.15) is 43.9 Å². The Kier molecular flexibility index (Phi) is 5.37. The van der Waals surface area contributed by atoms with E-state index >= 15 is 0 Å². The van der Waals surface area contributed by atoms with Gasteiger partial charge in [0.2, 0.25) is 0 Å². The average Bonchev–Trinajstić information content (AvgIpc) is 3.32. The number of imidazole rings is 1. The first-order valence-corrected chi connectivity index (χ1v) is 12.9. The molecule has 0 bridgehead atoms. The van der Waals surface area contributed by atoms with Crippen molar-refractivity contribution in [3.8, 4) is 5.75 Å². The minimum absolute atomic E-state index is 0.187. The van der Waals surface area contributed by atoms with E-state index in [9.17, 15) is 4.79 Å². The van der Waals surface area contributed by atoms with Crippen LogP contribution in [-0.4, -0.2) is 44.1 Å². The van der Waals surface area contributed by atoms with Gasteiger partial charge in [0.05, 0.1) is 33.0 Å². The van der Waals surface area contributed by atoms with E-state index in [0.717, 1.165) is 48.9 Å². The summed E-state index contributed by atoms with van der Waals surface area (Å²) in [5, 5.41) is 1.12. The molecule has 0 radical (unpaired) electrons. The van der Waals surface area contributed by atoms with Crippen molar-refractivity contribution in [2.24, 2.45) is 0 Å². The monoisotopic (exact) mass is 500 g/mol. The summed E-state index contributed by atoms with van der Waals surface area (Å²) in [7, 11) is 0. The predicted octanol–water partition coefficient (Wildman–Crippen LogP) is 6.32. The molecule has 4 heterocycles. The van der Waals surface area contributed by atoms with E-state index < -0.39 is 5.60 Å². The van der Waals surface area contributed by atoms with Gasteiger partial charge in [-0.2, -0.15) is 0 Å². The zero-order valence-electron chi connectivity index (χ0n) is 20.8. The van der Waals surface area contributed by atoms with E-state index in [1.54, 1.807) is 16.2 Å². The first kappa shape index (κ1) is 22.8. The first-order chi connectivity index (χ1) is 17.2. The number of aromatic nitrogens is 3. The van der Waals surface area contributed by atoms with Crippen molar-refractivity contribution >= 4 is 43.4 Å². The number of benzene rings is 2. The van der Waals surface area contributed by atoms with Crippen molar-refractivity contribution in [2.75, 3.05) is 13.1 Å². The minimum atomic E-state index is -0.493. The number of likely N-dealkylation sites (tertiary alicyclic amines) is 1. The summed E-state index contributed by atoms with van der Waals surface area (Å²) in [4.78, 5) is 24.8. The zero-order chi connectivity index (χ0) is 25.0. The molecule has 1 saturated heterocycles. The fraction of sp³-hybridized carbons (Fsp3) is 0.321. The smallest absolute Gasteiger partial charge is 0.410 e. The summed E-state index contributed by atoms with van der Waals surface area (Å²) in [6.45, 7) is 9.35. The molecular weight excluding hydrogens is 472 g/mol. The number of amides is 1. The van der Waals surface area contributed by atoms with Crippen LogP contribution in [-0.2, 0) is 11.3 Å². The number of pyridine rings is 1. The number of nitrogens with zero attached hydrogens (tertiary/aromatic N) is 4. The molecule has 1 fully saturated rings. The van der Waals surface area contributed by atoms with Crippen LogP contribution in [0.4, 0.5) is 4.79 Å². The lowest BCUT2D eigenvalue weighted by Crippen LogP contribution is -2.50. The van der Waals surface area contributed by atoms with Gasteiger partial charge in [0.1, 0.15) is 28.6 Å². The molecule has 0 saturated carbocycles. The number of carbonyl (C=O) groups is 1. The molecule has 3 aromatic heterocycles. The average molecular weight is 501 g/mol. The number of hydrogen-bond acceptors (Lipinski definition) is 6. The highest BCUT2D eigenvalue weighted by molar-refractivity contribution is 7.24. The first-order valence-electron chi connectivity index (χ1n) is 12.1. The molecule has 0 N–H and O–H groups in total. The molecule has 36 heavy (non-hydrogen) atoms. The van der Waals surface area contributed by atoms with Gasteiger partial charge >= 0.3 is 6.09 Å². The quantitative estimate of drug-likeness (QED) is 0.289. The van der Waals surface area contributed by atoms with Gasteiger partial charge in [-0.25, -0.2) is 14.8 Å². The minimum Gasteiger partial charge on any atom is -0.487 e. The fourth-order valence-corrected chi connectivity index (χ4v) is 5.70. The summed E-state index contributed by atoms with van der Waals surface area (Å²) in [6, 6.07) is 18.4. The lowest BCUT2D eigenvalue weighted by Gasteiger charge is -2.39. The number of aryl methyl sites for hydroxylation is 1. The largest absolute Gasteiger partial charge is 0.487 e. The molecule has 0 spiro atoms. The molecule has 2 aromatic carbocycles. The molecule has 184 valence electrons. The Morgan fingerprint density at radius 2 is 1.89 bits per heavy atom. The summed E-state index contributed by atoms with van der Waals surface area (Å²) in [5.74, 6) is 2.00. The van der Waals surface area contributed by atoms with Gasteiger partial charge in [0, 0.05) is 18.5 Å². The summed E-state index contributed by atoms with van der Waals surface area (Å²) in [5.41, 5.74) is 3.49. The molecule has 1 amide bonds. The third-order valence-electron chi connectivity index (χ3n) is 6.34. The van der Waals surface area contributed by atoms with Gasteiger partial charge in [-0.15, -0.1) is 11.3 Å². The van der Waals surface area contributed by atoms with Crippen molar-refractivity contribution in [2.45, 2.75) is 45.8 Å². The van der Waals surface area contributed by atoms with E-state index in [1.807, 2.05) is 58.0 Å². The molecule has 1 aliphatic heterocycles. The summed E-state index contributed by atoms with van der Waals surface area (Å²) >= 11 is 1.71. The van der Waals surface area contributed by atoms with Crippen molar-refractivity contribution in [1.29, 1.82) is 0 Å². The third-order valence-corrected chi connectivity index (χ3v) is 7.56. The molecule has 0 aliphatic carbocycles. The molecule has 5 aromatic rings. The van der Waals surface area contributed by atoms with Crippen LogP contribution in [0.2, 0.25) is 0 Å². The Morgan fingerprint density at radius 3 is 2.69 bits per heavy atom.